The Morgan fingerprint density at radius 1 is 1.00 bits per heavy atom. The van der Waals surface area contributed by atoms with Crippen LogP contribution in [0.2, 0.25) is 0 Å². The Bertz CT molecular complexity index is 324. The van der Waals surface area contributed by atoms with Gasteiger partial charge in [0.05, 0.1) is 0 Å². The lowest BCUT2D eigenvalue weighted by molar-refractivity contribution is 0.230. The van der Waals surface area contributed by atoms with E-state index in [-0.39, 0.29) is 5.54 Å². The number of hydrogen-bond acceptors (Lipinski definition) is 3. The van der Waals surface area contributed by atoms with Crippen LogP contribution in [0.3, 0.4) is 0 Å². The highest BCUT2D eigenvalue weighted by atomic mass is 32.2. The quantitative estimate of drug-likeness (QED) is 0.377. The van der Waals surface area contributed by atoms with Crippen LogP contribution in [0.5, 0.6) is 0 Å². The molecule has 1 heterocycles. The van der Waals surface area contributed by atoms with Gasteiger partial charge < -0.3 is 10.0 Å². The number of allylic oxidation sites excluding steroid dienone is 1. The monoisotopic (exact) mass is 310 g/mol. The van der Waals surface area contributed by atoms with E-state index in [2.05, 4.69) is 36.7 Å². The Hall–Kier alpha value is -0.570. The van der Waals surface area contributed by atoms with Crippen molar-refractivity contribution in [3.63, 3.8) is 0 Å². The topological polar surface area (TPSA) is 29.3 Å². The van der Waals surface area contributed by atoms with Crippen molar-refractivity contribution in [3.05, 3.63) is 23.4 Å². The highest BCUT2D eigenvalue weighted by molar-refractivity contribution is 8.00. The molecular formula is C18H34N2S. The molecule has 1 rings (SSSR count). The zero-order chi connectivity index (χ0) is 15.6. The molecule has 0 aromatic heterocycles. The molecule has 1 aliphatic heterocycles. The van der Waals surface area contributed by atoms with Crippen LogP contribution in [0.1, 0.15) is 85.0 Å². The molecular weight excluding hydrogens is 276 g/mol. The van der Waals surface area contributed by atoms with Crippen molar-refractivity contribution in [2.45, 2.75) is 90.5 Å². The van der Waals surface area contributed by atoms with E-state index in [1.54, 1.807) is 11.9 Å². The van der Waals surface area contributed by atoms with Crippen molar-refractivity contribution in [1.82, 2.24) is 4.31 Å². The summed E-state index contributed by atoms with van der Waals surface area (Å²) in [6.45, 7) is 6.99. The van der Waals surface area contributed by atoms with Crippen LogP contribution in [0.25, 0.3) is 0 Å². The minimum Gasteiger partial charge on any atom is -0.398 e. The van der Waals surface area contributed by atoms with Crippen molar-refractivity contribution in [3.8, 4) is 0 Å². The largest absolute Gasteiger partial charge is 0.398 e. The number of nitrogens with zero attached hydrogens (tertiary/aromatic N) is 1. The number of nitrogens with two attached hydrogens (primary N) is 1. The molecule has 0 spiro atoms. The van der Waals surface area contributed by atoms with E-state index in [0.717, 1.165) is 5.70 Å². The van der Waals surface area contributed by atoms with Crippen LogP contribution >= 0.6 is 11.9 Å². The second-order valence-corrected chi connectivity index (χ2v) is 7.32. The summed E-state index contributed by atoms with van der Waals surface area (Å²) in [7, 11) is 0. The van der Waals surface area contributed by atoms with Gasteiger partial charge in [0.25, 0.3) is 0 Å². The molecule has 0 bridgehead atoms. The average Bonchev–Trinajstić information content (AvgIpc) is 2.49. The van der Waals surface area contributed by atoms with Gasteiger partial charge in [0, 0.05) is 22.8 Å². The maximum atomic E-state index is 5.85. The van der Waals surface area contributed by atoms with E-state index in [0.29, 0.717) is 0 Å². The zero-order valence-electron chi connectivity index (χ0n) is 14.2. The van der Waals surface area contributed by atoms with Gasteiger partial charge in [-0.05, 0) is 37.8 Å². The van der Waals surface area contributed by atoms with Crippen molar-refractivity contribution in [2.24, 2.45) is 5.73 Å². The lowest BCUT2D eigenvalue weighted by atomic mass is 9.88. The first-order chi connectivity index (χ1) is 10.1. The lowest BCUT2D eigenvalue weighted by Crippen LogP contribution is -2.39. The van der Waals surface area contributed by atoms with E-state index in [9.17, 15) is 0 Å². The summed E-state index contributed by atoms with van der Waals surface area (Å²) in [4.78, 5) is 0. The first-order valence-corrected chi connectivity index (χ1v) is 9.56. The third-order valence-corrected chi connectivity index (χ3v) is 5.54. The van der Waals surface area contributed by atoms with Crippen molar-refractivity contribution in [2.75, 3.05) is 0 Å². The minimum absolute atomic E-state index is 0.264. The molecule has 2 nitrogen and oxygen atoms in total. The van der Waals surface area contributed by atoms with E-state index in [4.69, 9.17) is 5.73 Å². The molecule has 0 fully saturated rings. The second kappa shape index (κ2) is 10.2. The average molecular weight is 311 g/mol. The third-order valence-electron chi connectivity index (χ3n) is 4.37. The molecule has 0 radical (unpaired) electrons. The van der Waals surface area contributed by atoms with Gasteiger partial charge in [-0.1, -0.05) is 65.2 Å². The number of hydrogen-bond donors (Lipinski definition) is 1. The third kappa shape index (κ3) is 6.82. The Kier molecular flexibility index (Phi) is 8.98. The summed E-state index contributed by atoms with van der Waals surface area (Å²) in [5, 5.41) is 2.07. The van der Waals surface area contributed by atoms with Crippen LogP contribution in [-0.2, 0) is 0 Å². The summed E-state index contributed by atoms with van der Waals surface area (Å²) in [6.07, 6.45) is 17.5. The van der Waals surface area contributed by atoms with Crippen molar-refractivity contribution >= 4 is 11.9 Å². The van der Waals surface area contributed by atoms with Gasteiger partial charge in [-0.25, -0.2) is 0 Å². The van der Waals surface area contributed by atoms with E-state index < -0.39 is 0 Å². The standard InChI is InChI=1S/C18H34N2S/c1-4-6-8-10-13-18(3,14-11-9-7-5-2)20-15-12-17(19)16-21-20/h12,15-16H,4-11,13-14,19H2,1-3H3. The van der Waals surface area contributed by atoms with Crippen molar-refractivity contribution in [1.29, 1.82) is 0 Å². The minimum atomic E-state index is 0.264. The summed E-state index contributed by atoms with van der Waals surface area (Å²) in [6, 6.07) is 0. The molecule has 21 heavy (non-hydrogen) atoms. The fourth-order valence-electron chi connectivity index (χ4n) is 2.86. The second-order valence-electron chi connectivity index (χ2n) is 6.48. The zero-order valence-corrected chi connectivity index (χ0v) is 15.1. The normalized spacial score (nSPS) is 15.4. The van der Waals surface area contributed by atoms with E-state index in [1.165, 1.54) is 64.2 Å². The molecule has 122 valence electrons. The smallest absolute Gasteiger partial charge is 0.0483 e. The molecule has 0 saturated heterocycles. The van der Waals surface area contributed by atoms with Crippen LogP contribution < -0.4 is 5.73 Å². The molecule has 1 aliphatic rings. The Morgan fingerprint density at radius 3 is 2.00 bits per heavy atom. The first-order valence-electron chi connectivity index (χ1n) is 8.72. The summed E-state index contributed by atoms with van der Waals surface area (Å²) >= 11 is 1.77. The van der Waals surface area contributed by atoms with Gasteiger partial charge >= 0.3 is 0 Å². The summed E-state index contributed by atoms with van der Waals surface area (Å²) in [5.74, 6) is 0. The summed E-state index contributed by atoms with van der Waals surface area (Å²) in [5.41, 5.74) is 6.98. The van der Waals surface area contributed by atoms with Crippen LogP contribution in [0.15, 0.2) is 23.4 Å². The van der Waals surface area contributed by atoms with Crippen molar-refractivity contribution < 1.29 is 0 Å². The van der Waals surface area contributed by atoms with E-state index >= 15 is 0 Å². The maximum absolute atomic E-state index is 5.85. The SMILES string of the molecule is CCCCCCC(C)(CCCCCC)N1C=CC(N)=CS1. The summed E-state index contributed by atoms with van der Waals surface area (Å²) < 4.78 is 2.43. The molecule has 0 atom stereocenters. The van der Waals surface area contributed by atoms with Gasteiger partial charge in [-0.3, -0.25) is 0 Å². The molecule has 0 amide bonds. The van der Waals surface area contributed by atoms with Crippen LogP contribution in [-0.4, -0.2) is 9.84 Å². The van der Waals surface area contributed by atoms with Gasteiger partial charge in [0.1, 0.15) is 0 Å². The van der Waals surface area contributed by atoms with Gasteiger partial charge in [0.2, 0.25) is 0 Å². The molecule has 0 aromatic carbocycles. The predicted octanol–water partition coefficient (Wildman–Crippen LogP) is 5.96. The lowest BCUT2D eigenvalue weighted by Gasteiger charge is -2.41. The fraction of sp³-hybridized carbons (Fsp3) is 0.778. The number of rotatable bonds is 11. The van der Waals surface area contributed by atoms with Crippen LogP contribution in [0.4, 0.5) is 0 Å². The highest BCUT2D eigenvalue weighted by Gasteiger charge is 2.30. The highest BCUT2D eigenvalue weighted by Crippen LogP contribution is 2.36. The Morgan fingerprint density at radius 2 is 1.57 bits per heavy atom. The molecule has 0 unspecified atom stereocenters. The Labute approximate surface area is 136 Å². The van der Waals surface area contributed by atoms with Crippen LogP contribution in [0, 0.1) is 0 Å². The Balaban J connectivity index is 2.53. The molecule has 2 N–H and O–H groups in total. The van der Waals surface area contributed by atoms with Gasteiger partial charge in [-0.15, -0.1) is 0 Å². The van der Waals surface area contributed by atoms with E-state index in [1.807, 2.05) is 6.08 Å². The maximum Gasteiger partial charge on any atom is 0.0483 e. The van der Waals surface area contributed by atoms with Gasteiger partial charge in [-0.2, -0.15) is 0 Å². The fourth-order valence-corrected chi connectivity index (χ4v) is 3.75. The molecule has 0 aromatic rings. The molecule has 0 aliphatic carbocycles. The predicted molar refractivity (Wildman–Crippen MR) is 96.8 cm³/mol. The molecule has 0 saturated carbocycles. The number of unbranched alkanes of at least 4 members (excludes halogenated alkanes) is 6. The first kappa shape index (κ1) is 18.5. The van der Waals surface area contributed by atoms with Gasteiger partial charge in [0.15, 0.2) is 0 Å². The molecule has 3 heteroatoms.